The standard InChI is InChI=1S/C31H50N2O4/c1-8-10-14-32(15-11-12-23(3)4)29(34)21-33-20-25(16-26(33)19-31(5,6)13-9-2)24-17-27(35-7)30-28(18-24)36-22-37-30/h9,13,17-18,23,25-26H,8,10-12,14-16,19-22H2,1-7H3/b13-9+. The van der Waals surface area contributed by atoms with Gasteiger partial charge in [0.1, 0.15) is 0 Å². The lowest BCUT2D eigenvalue weighted by Crippen LogP contribution is -2.44. The summed E-state index contributed by atoms with van der Waals surface area (Å²) >= 11 is 0. The molecule has 0 bridgehead atoms. The van der Waals surface area contributed by atoms with Crippen molar-refractivity contribution in [2.24, 2.45) is 11.3 Å². The zero-order valence-corrected chi connectivity index (χ0v) is 24.3. The molecule has 0 aliphatic carbocycles. The van der Waals surface area contributed by atoms with Crippen LogP contribution in [-0.2, 0) is 4.79 Å². The fraction of sp³-hybridized carbons (Fsp3) is 0.710. The Kier molecular flexibility index (Phi) is 10.7. The zero-order chi connectivity index (χ0) is 27.0. The first kappa shape index (κ1) is 29.3. The molecule has 2 heterocycles. The van der Waals surface area contributed by atoms with Gasteiger partial charge in [-0.2, -0.15) is 0 Å². The van der Waals surface area contributed by atoms with Crippen LogP contribution >= 0.6 is 0 Å². The van der Waals surface area contributed by atoms with E-state index >= 15 is 0 Å². The van der Waals surface area contributed by atoms with Crippen LogP contribution < -0.4 is 14.2 Å². The number of carbonyl (C=O) groups is 1. The minimum atomic E-state index is 0.0708. The van der Waals surface area contributed by atoms with Gasteiger partial charge in [0.2, 0.25) is 18.4 Å². The molecule has 6 nitrogen and oxygen atoms in total. The van der Waals surface area contributed by atoms with E-state index in [2.05, 4.69) is 75.6 Å². The molecule has 1 aromatic carbocycles. The summed E-state index contributed by atoms with van der Waals surface area (Å²) in [5, 5.41) is 0. The summed E-state index contributed by atoms with van der Waals surface area (Å²) in [4.78, 5) is 18.2. The van der Waals surface area contributed by atoms with Crippen molar-refractivity contribution in [3.05, 3.63) is 29.8 Å². The Bertz CT molecular complexity index is 911. The van der Waals surface area contributed by atoms with E-state index in [-0.39, 0.29) is 18.1 Å². The molecule has 1 saturated heterocycles. The van der Waals surface area contributed by atoms with Crippen molar-refractivity contribution in [2.45, 2.75) is 92.0 Å². The largest absolute Gasteiger partial charge is 0.493 e. The normalized spacial score (nSPS) is 19.8. The Morgan fingerprint density at radius 1 is 1.24 bits per heavy atom. The van der Waals surface area contributed by atoms with Gasteiger partial charge in [-0.3, -0.25) is 9.69 Å². The van der Waals surface area contributed by atoms with Crippen LogP contribution in [0.15, 0.2) is 24.3 Å². The number of allylic oxidation sites excluding steroid dienone is 2. The summed E-state index contributed by atoms with van der Waals surface area (Å²) in [5.41, 5.74) is 1.27. The van der Waals surface area contributed by atoms with Crippen molar-refractivity contribution >= 4 is 5.91 Å². The van der Waals surface area contributed by atoms with Crippen LogP contribution in [0, 0.1) is 11.3 Å². The molecule has 0 aromatic heterocycles. The Balaban J connectivity index is 1.79. The number of hydrogen-bond donors (Lipinski definition) is 0. The smallest absolute Gasteiger partial charge is 0.236 e. The first-order valence-electron chi connectivity index (χ1n) is 14.3. The lowest BCUT2D eigenvalue weighted by Gasteiger charge is -2.32. The quantitative estimate of drug-likeness (QED) is 0.261. The maximum Gasteiger partial charge on any atom is 0.236 e. The number of methoxy groups -OCH3 is 1. The molecule has 0 saturated carbocycles. The van der Waals surface area contributed by atoms with Crippen LogP contribution in [-0.4, -0.2) is 61.8 Å². The van der Waals surface area contributed by atoms with Crippen LogP contribution in [0.1, 0.15) is 91.5 Å². The summed E-state index contributed by atoms with van der Waals surface area (Å²) in [6.07, 6.45) is 10.9. The topological polar surface area (TPSA) is 51.2 Å². The molecular formula is C31H50N2O4. The van der Waals surface area contributed by atoms with E-state index < -0.39 is 0 Å². The highest BCUT2D eigenvalue weighted by molar-refractivity contribution is 5.78. The number of likely N-dealkylation sites (tertiary alicyclic amines) is 1. The van der Waals surface area contributed by atoms with Crippen LogP contribution in [0.25, 0.3) is 0 Å². The number of fused-ring (bicyclic) bond motifs is 1. The maximum atomic E-state index is 13.6. The first-order chi connectivity index (χ1) is 17.7. The molecule has 0 N–H and O–H groups in total. The fourth-order valence-electron chi connectivity index (χ4n) is 5.82. The third-order valence-corrected chi connectivity index (χ3v) is 7.74. The lowest BCUT2D eigenvalue weighted by atomic mass is 9.83. The molecule has 6 heteroatoms. The molecule has 0 radical (unpaired) electrons. The number of hydrogen-bond acceptors (Lipinski definition) is 5. The Labute approximate surface area is 225 Å². The summed E-state index contributed by atoms with van der Waals surface area (Å²) in [6, 6.07) is 4.53. The van der Waals surface area contributed by atoms with E-state index in [0.29, 0.717) is 30.2 Å². The predicted octanol–water partition coefficient (Wildman–Crippen LogP) is 6.64. The Morgan fingerprint density at radius 3 is 2.68 bits per heavy atom. The van der Waals surface area contributed by atoms with Gasteiger partial charge in [-0.1, -0.05) is 53.2 Å². The minimum Gasteiger partial charge on any atom is -0.493 e. The van der Waals surface area contributed by atoms with E-state index in [0.717, 1.165) is 69.7 Å². The second kappa shape index (κ2) is 13.5. The number of amides is 1. The molecule has 2 aliphatic rings. The van der Waals surface area contributed by atoms with Crippen molar-refractivity contribution in [3.63, 3.8) is 0 Å². The highest BCUT2D eigenvalue weighted by Gasteiger charge is 2.38. The second-order valence-corrected chi connectivity index (χ2v) is 11.9. The van der Waals surface area contributed by atoms with Gasteiger partial charge in [-0.25, -0.2) is 0 Å². The number of unbranched alkanes of at least 4 members (excludes halogenated alkanes) is 1. The first-order valence-corrected chi connectivity index (χ1v) is 14.3. The van der Waals surface area contributed by atoms with Gasteiger partial charge in [0.25, 0.3) is 0 Å². The van der Waals surface area contributed by atoms with Crippen LogP contribution in [0.5, 0.6) is 17.2 Å². The van der Waals surface area contributed by atoms with Crippen LogP contribution in [0.2, 0.25) is 0 Å². The average Bonchev–Trinajstić information content (AvgIpc) is 3.47. The highest BCUT2D eigenvalue weighted by Crippen LogP contribution is 2.46. The predicted molar refractivity (Wildman–Crippen MR) is 151 cm³/mol. The third kappa shape index (κ3) is 8.13. The fourth-order valence-corrected chi connectivity index (χ4v) is 5.82. The lowest BCUT2D eigenvalue weighted by molar-refractivity contribution is -0.133. The molecule has 0 spiro atoms. The number of rotatable bonds is 14. The van der Waals surface area contributed by atoms with Gasteiger partial charge >= 0.3 is 0 Å². The molecule has 3 rings (SSSR count). The molecule has 2 unspecified atom stereocenters. The van der Waals surface area contributed by atoms with Crippen LogP contribution in [0.3, 0.4) is 0 Å². The summed E-state index contributed by atoms with van der Waals surface area (Å²) in [6.45, 7) is 16.7. The third-order valence-electron chi connectivity index (χ3n) is 7.74. The minimum absolute atomic E-state index is 0.0708. The van der Waals surface area contributed by atoms with Gasteiger partial charge in [0, 0.05) is 25.7 Å². The molecule has 37 heavy (non-hydrogen) atoms. The van der Waals surface area contributed by atoms with E-state index in [1.54, 1.807) is 7.11 Å². The number of carbonyl (C=O) groups excluding carboxylic acids is 1. The molecule has 1 amide bonds. The molecular weight excluding hydrogens is 464 g/mol. The monoisotopic (exact) mass is 514 g/mol. The number of ether oxygens (including phenoxy) is 3. The van der Waals surface area contributed by atoms with Gasteiger partial charge in [0.05, 0.1) is 13.7 Å². The van der Waals surface area contributed by atoms with Crippen molar-refractivity contribution in [1.82, 2.24) is 9.80 Å². The van der Waals surface area contributed by atoms with Crippen LogP contribution in [0.4, 0.5) is 0 Å². The zero-order valence-electron chi connectivity index (χ0n) is 24.3. The summed E-state index contributed by atoms with van der Waals surface area (Å²) in [7, 11) is 1.67. The van der Waals surface area contributed by atoms with Gasteiger partial charge in [-0.15, -0.1) is 0 Å². The number of benzene rings is 1. The highest BCUT2D eigenvalue weighted by atomic mass is 16.7. The van der Waals surface area contributed by atoms with E-state index in [4.69, 9.17) is 14.2 Å². The van der Waals surface area contributed by atoms with Crippen molar-refractivity contribution < 1.29 is 19.0 Å². The molecule has 2 aliphatic heterocycles. The van der Waals surface area contributed by atoms with Gasteiger partial charge in [0.15, 0.2) is 11.5 Å². The SMILES string of the molecule is C/C=C/C(C)(C)CC1CC(c2cc(OC)c3c(c2)OCO3)CN1CC(=O)N(CCCC)CCCC(C)C. The van der Waals surface area contributed by atoms with E-state index in [1.165, 1.54) is 5.56 Å². The van der Waals surface area contributed by atoms with E-state index in [1.807, 2.05) is 0 Å². The Morgan fingerprint density at radius 2 is 2.00 bits per heavy atom. The molecule has 1 fully saturated rings. The number of nitrogens with zero attached hydrogens (tertiary/aromatic N) is 2. The van der Waals surface area contributed by atoms with Gasteiger partial charge in [-0.05, 0) is 74.0 Å². The second-order valence-electron chi connectivity index (χ2n) is 11.9. The van der Waals surface area contributed by atoms with Gasteiger partial charge < -0.3 is 19.1 Å². The average molecular weight is 515 g/mol. The molecule has 208 valence electrons. The van der Waals surface area contributed by atoms with Crippen molar-refractivity contribution in [3.8, 4) is 17.2 Å². The molecule has 1 aromatic rings. The molecule has 2 atom stereocenters. The van der Waals surface area contributed by atoms with Crippen molar-refractivity contribution in [1.29, 1.82) is 0 Å². The Hall–Kier alpha value is -2.21. The summed E-state index contributed by atoms with van der Waals surface area (Å²) in [5.74, 6) is 3.42. The van der Waals surface area contributed by atoms with E-state index in [9.17, 15) is 4.79 Å². The summed E-state index contributed by atoms with van der Waals surface area (Å²) < 4.78 is 16.9. The van der Waals surface area contributed by atoms with Crippen molar-refractivity contribution in [2.75, 3.05) is 40.1 Å². The maximum absolute atomic E-state index is 13.6.